The summed E-state index contributed by atoms with van der Waals surface area (Å²) in [6.07, 6.45) is 0.894. The first kappa shape index (κ1) is 21.0. The quantitative estimate of drug-likeness (QED) is 0.521. The van der Waals surface area contributed by atoms with Gasteiger partial charge in [-0.15, -0.1) is 22.7 Å². The number of carbonyl (C=O) groups excluding carboxylic acids is 1. The number of ether oxygens (including phenoxy) is 2. The molecule has 0 spiro atoms. The summed E-state index contributed by atoms with van der Waals surface area (Å²) in [7, 11) is 1.65. The summed E-state index contributed by atoms with van der Waals surface area (Å²) >= 11 is 2.97. The number of thiophene rings is 1. The molecule has 1 saturated heterocycles. The van der Waals surface area contributed by atoms with Gasteiger partial charge in [-0.1, -0.05) is 18.2 Å². The topological polar surface area (TPSA) is 54.9 Å². The molecule has 0 saturated carbocycles. The average molecular weight is 444 g/mol. The highest BCUT2D eigenvalue weighted by molar-refractivity contribution is 7.14. The SMILES string of the molecule is COc1cccc(-c2csc(N(CCCN3CCOCC3)C(=O)c3cccs3)n2)c1. The largest absolute Gasteiger partial charge is 0.497 e. The summed E-state index contributed by atoms with van der Waals surface area (Å²) in [5, 5.41) is 4.66. The number of aromatic nitrogens is 1. The van der Waals surface area contributed by atoms with E-state index in [9.17, 15) is 4.79 Å². The number of anilines is 1. The lowest BCUT2D eigenvalue weighted by atomic mass is 10.2. The molecular weight excluding hydrogens is 418 g/mol. The van der Waals surface area contributed by atoms with Gasteiger partial charge in [0.1, 0.15) is 5.75 Å². The van der Waals surface area contributed by atoms with Crippen LogP contribution < -0.4 is 9.64 Å². The minimum Gasteiger partial charge on any atom is -0.497 e. The van der Waals surface area contributed by atoms with E-state index < -0.39 is 0 Å². The predicted molar refractivity (Wildman–Crippen MR) is 122 cm³/mol. The van der Waals surface area contributed by atoms with E-state index >= 15 is 0 Å². The summed E-state index contributed by atoms with van der Waals surface area (Å²) in [6, 6.07) is 11.6. The Morgan fingerprint density at radius 2 is 2.10 bits per heavy atom. The fourth-order valence-electron chi connectivity index (χ4n) is 3.40. The van der Waals surface area contributed by atoms with Gasteiger partial charge in [-0.2, -0.15) is 0 Å². The molecule has 1 aliphatic rings. The monoisotopic (exact) mass is 443 g/mol. The van der Waals surface area contributed by atoms with Crippen molar-refractivity contribution in [1.82, 2.24) is 9.88 Å². The maximum atomic E-state index is 13.2. The standard InChI is InChI=1S/C22H25N3O3S2/c1-27-18-6-2-5-17(15-18)19-16-30-22(23-19)25(21(26)20-7-3-14-29-20)9-4-8-24-10-12-28-13-11-24/h2-3,5-7,14-16H,4,8-13H2,1H3. The Bertz CT molecular complexity index is 952. The van der Waals surface area contributed by atoms with Gasteiger partial charge in [-0.05, 0) is 30.0 Å². The molecule has 4 rings (SSSR count). The first-order valence-electron chi connectivity index (χ1n) is 10.00. The molecule has 1 aromatic carbocycles. The van der Waals surface area contributed by atoms with Crippen LogP contribution in [0.3, 0.4) is 0 Å². The van der Waals surface area contributed by atoms with Crippen LogP contribution in [0.4, 0.5) is 5.13 Å². The van der Waals surface area contributed by atoms with Crippen LogP contribution in [0.2, 0.25) is 0 Å². The molecule has 1 aliphatic heterocycles. The van der Waals surface area contributed by atoms with E-state index in [1.54, 1.807) is 7.11 Å². The minimum absolute atomic E-state index is 0.0125. The van der Waals surface area contributed by atoms with Gasteiger partial charge in [0, 0.05) is 37.1 Å². The van der Waals surface area contributed by atoms with Crippen LogP contribution in [0.5, 0.6) is 5.75 Å². The number of hydrogen-bond acceptors (Lipinski definition) is 7. The molecule has 8 heteroatoms. The van der Waals surface area contributed by atoms with E-state index in [0.29, 0.717) is 6.54 Å². The number of amides is 1. The van der Waals surface area contributed by atoms with Crippen LogP contribution in [0.1, 0.15) is 16.1 Å². The Hall–Kier alpha value is -2.26. The first-order chi connectivity index (χ1) is 14.7. The second-order valence-corrected chi connectivity index (χ2v) is 8.77. The Labute approximate surface area is 184 Å². The number of benzene rings is 1. The third kappa shape index (κ3) is 5.07. The predicted octanol–water partition coefficient (Wildman–Crippen LogP) is 4.25. The van der Waals surface area contributed by atoms with Crippen LogP contribution in [0.25, 0.3) is 11.3 Å². The van der Waals surface area contributed by atoms with Gasteiger partial charge in [0.25, 0.3) is 5.91 Å². The molecule has 6 nitrogen and oxygen atoms in total. The molecule has 0 atom stereocenters. The van der Waals surface area contributed by atoms with Crippen molar-refractivity contribution in [2.75, 3.05) is 51.4 Å². The lowest BCUT2D eigenvalue weighted by Gasteiger charge is -2.27. The molecule has 0 unspecified atom stereocenters. The number of carbonyl (C=O) groups is 1. The third-order valence-corrected chi connectivity index (χ3v) is 6.75. The van der Waals surface area contributed by atoms with Gasteiger partial charge in [-0.25, -0.2) is 4.98 Å². The lowest BCUT2D eigenvalue weighted by molar-refractivity contribution is 0.0376. The van der Waals surface area contributed by atoms with Crippen LogP contribution in [-0.2, 0) is 4.74 Å². The number of methoxy groups -OCH3 is 1. The van der Waals surface area contributed by atoms with Crippen LogP contribution >= 0.6 is 22.7 Å². The van der Waals surface area contributed by atoms with Crippen molar-refractivity contribution >= 4 is 33.7 Å². The van der Waals surface area contributed by atoms with Crippen molar-refractivity contribution in [3.8, 4) is 17.0 Å². The van der Waals surface area contributed by atoms with Crippen molar-refractivity contribution < 1.29 is 14.3 Å². The van der Waals surface area contributed by atoms with Crippen LogP contribution in [0.15, 0.2) is 47.2 Å². The van der Waals surface area contributed by atoms with E-state index in [2.05, 4.69) is 4.90 Å². The molecule has 0 aliphatic carbocycles. The molecule has 3 aromatic rings. The molecule has 3 heterocycles. The van der Waals surface area contributed by atoms with Crippen LogP contribution in [0, 0.1) is 0 Å². The Kier molecular flexibility index (Phi) is 7.11. The summed E-state index contributed by atoms with van der Waals surface area (Å²) < 4.78 is 10.8. The molecule has 0 radical (unpaired) electrons. The molecule has 158 valence electrons. The highest BCUT2D eigenvalue weighted by Crippen LogP contribution is 2.30. The lowest BCUT2D eigenvalue weighted by Crippen LogP contribution is -2.39. The van der Waals surface area contributed by atoms with Gasteiger partial charge in [0.05, 0.1) is 30.9 Å². The Morgan fingerprint density at radius 3 is 2.87 bits per heavy atom. The zero-order valence-corrected chi connectivity index (χ0v) is 18.6. The second kappa shape index (κ2) is 10.2. The molecule has 0 N–H and O–H groups in total. The number of nitrogens with zero attached hydrogens (tertiary/aromatic N) is 3. The summed E-state index contributed by atoms with van der Waals surface area (Å²) in [5.74, 6) is 0.803. The molecule has 2 aromatic heterocycles. The number of morpholine rings is 1. The Morgan fingerprint density at radius 1 is 1.23 bits per heavy atom. The maximum absolute atomic E-state index is 13.2. The maximum Gasteiger partial charge on any atom is 0.270 e. The van der Waals surface area contributed by atoms with Crippen molar-refractivity contribution in [3.05, 3.63) is 52.0 Å². The highest BCUT2D eigenvalue weighted by Gasteiger charge is 2.22. The number of rotatable bonds is 8. The molecular formula is C22H25N3O3S2. The molecule has 1 fully saturated rings. The van der Waals surface area contributed by atoms with Gasteiger partial charge < -0.3 is 9.47 Å². The first-order valence-corrected chi connectivity index (χ1v) is 11.8. The van der Waals surface area contributed by atoms with Gasteiger partial charge >= 0.3 is 0 Å². The smallest absolute Gasteiger partial charge is 0.270 e. The highest BCUT2D eigenvalue weighted by atomic mass is 32.1. The average Bonchev–Trinajstić information content (AvgIpc) is 3.50. The zero-order chi connectivity index (χ0) is 20.8. The molecule has 1 amide bonds. The van der Waals surface area contributed by atoms with Crippen molar-refractivity contribution in [1.29, 1.82) is 0 Å². The van der Waals surface area contributed by atoms with E-state index in [1.165, 1.54) is 22.7 Å². The third-order valence-electron chi connectivity index (χ3n) is 5.03. The van der Waals surface area contributed by atoms with E-state index in [4.69, 9.17) is 14.5 Å². The normalized spacial score (nSPS) is 14.6. The number of thiazole rings is 1. The minimum atomic E-state index is 0.0125. The molecule has 30 heavy (non-hydrogen) atoms. The van der Waals surface area contributed by atoms with Gasteiger partial charge in [-0.3, -0.25) is 14.6 Å². The number of hydrogen-bond donors (Lipinski definition) is 0. The zero-order valence-electron chi connectivity index (χ0n) is 17.0. The van der Waals surface area contributed by atoms with E-state index in [-0.39, 0.29) is 5.91 Å². The van der Waals surface area contributed by atoms with E-state index in [0.717, 1.165) is 66.3 Å². The fourth-order valence-corrected chi connectivity index (χ4v) is 4.93. The van der Waals surface area contributed by atoms with Gasteiger partial charge in [0.2, 0.25) is 0 Å². The van der Waals surface area contributed by atoms with E-state index in [1.807, 2.05) is 52.1 Å². The second-order valence-electron chi connectivity index (χ2n) is 6.99. The summed E-state index contributed by atoms with van der Waals surface area (Å²) in [6.45, 7) is 5.07. The fraction of sp³-hybridized carbons (Fsp3) is 0.364. The van der Waals surface area contributed by atoms with Crippen molar-refractivity contribution in [3.63, 3.8) is 0 Å². The Balaban J connectivity index is 1.51. The van der Waals surface area contributed by atoms with Crippen molar-refractivity contribution in [2.24, 2.45) is 0 Å². The van der Waals surface area contributed by atoms with Crippen molar-refractivity contribution in [2.45, 2.75) is 6.42 Å². The molecule has 0 bridgehead atoms. The summed E-state index contributed by atoms with van der Waals surface area (Å²) in [4.78, 5) is 22.9. The van der Waals surface area contributed by atoms with Crippen LogP contribution in [-0.4, -0.2) is 62.3 Å². The van der Waals surface area contributed by atoms with Gasteiger partial charge in [0.15, 0.2) is 5.13 Å². The summed E-state index contributed by atoms with van der Waals surface area (Å²) in [5.41, 5.74) is 1.83.